The molecule has 0 aromatic carbocycles. The van der Waals surface area contributed by atoms with Crippen molar-refractivity contribution in [3.63, 3.8) is 0 Å². The van der Waals surface area contributed by atoms with Crippen LogP contribution in [0.5, 0.6) is 0 Å². The Balaban J connectivity index is 2.93. The number of rotatable bonds is 1. The van der Waals surface area contributed by atoms with E-state index >= 15 is 0 Å². The molecule has 2 aromatic rings. The van der Waals surface area contributed by atoms with Crippen molar-refractivity contribution >= 4 is 34.3 Å². The van der Waals surface area contributed by atoms with Crippen molar-refractivity contribution in [2.45, 2.75) is 5.16 Å². The summed E-state index contributed by atoms with van der Waals surface area (Å²) in [6, 6.07) is 0. The lowest BCUT2D eigenvalue weighted by Gasteiger charge is -2.01. The minimum Gasteiger partial charge on any atom is -0.301 e. The van der Waals surface area contributed by atoms with Crippen LogP contribution in [0.3, 0.4) is 0 Å². The summed E-state index contributed by atoms with van der Waals surface area (Å²) in [7, 11) is 0. The van der Waals surface area contributed by atoms with Crippen molar-refractivity contribution in [3.05, 3.63) is 27.5 Å². The number of hydrogen-bond donors (Lipinski definition) is 1. The Morgan fingerprint density at radius 3 is 3.00 bits per heavy atom. The maximum Gasteiger partial charge on any atom is 0.261 e. The molecule has 2 aromatic heterocycles. The second kappa shape index (κ2) is 3.79. The number of aromatic amines is 1. The summed E-state index contributed by atoms with van der Waals surface area (Å²) >= 11 is 6.71. The standard InChI is InChI=1S/C8H5ClFN3OS/c1-15-8-12-5-3(7(14)13-8)2-11-6(9)4(5)10/h2H,1H3,(H,12,13,14). The third kappa shape index (κ3) is 1.70. The Morgan fingerprint density at radius 2 is 2.33 bits per heavy atom. The van der Waals surface area contributed by atoms with Crippen LogP contribution >= 0.6 is 23.4 Å². The minimum absolute atomic E-state index is 0.0527. The van der Waals surface area contributed by atoms with Crippen LogP contribution < -0.4 is 5.56 Å². The molecule has 0 saturated carbocycles. The number of aromatic nitrogens is 3. The fourth-order valence-electron chi connectivity index (χ4n) is 1.12. The summed E-state index contributed by atoms with van der Waals surface area (Å²) in [5.41, 5.74) is -0.476. The topological polar surface area (TPSA) is 58.6 Å². The third-order valence-electron chi connectivity index (χ3n) is 1.82. The molecule has 0 bridgehead atoms. The fraction of sp³-hybridized carbons (Fsp3) is 0.125. The molecule has 0 fully saturated rings. The van der Waals surface area contributed by atoms with Gasteiger partial charge in [-0.3, -0.25) is 4.79 Å². The van der Waals surface area contributed by atoms with Crippen molar-refractivity contribution in [1.29, 1.82) is 0 Å². The molecule has 0 spiro atoms. The third-order valence-corrected chi connectivity index (χ3v) is 2.67. The highest BCUT2D eigenvalue weighted by atomic mass is 35.5. The predicted molar refractivity (Wildman–Crippen MR) is 56.9 cm³/mol. The van der Waals surface area contributed by atoms with Gasteiger partial charge in [0.1, 0.15) is 5.52 Å². The van der Waals surface area contributed by atoms with Crippen LogP contribution in [0.15, 0.2) is 16.1 Å². The van der Waals surface area contributed by atoms with Gasteiger partial charge in [-0.1, -0.05) is 23.4 Å². The number of pyridine rings is 1. The highest BCUT2D eigenvalue weighted by Crippen LogP contribution is 2.19. The van der Waals surface area contributed by atoms with E-state index in [0.717, 1.165) is 0 Å². The molecule has 0 aliphatic carbocycles. The number of H-pyrrole nitrogens is 1. The predicted octanol–water partition coefficient (Wildman–Crippen LogP) is 1.83. The van der Waals surface area contributed by atoms with Gasteiger partial charge in [-0.25, -0.2) is 14.4 Å². The Labute approximate surface area is 92.9 Å². The van der Waals surface area contributed by atoms with Gasteiger partial charge in [-0.05, 0) is 6.26 Å². The van der Waals surface area contributed by atoms with Crippen LogP contribution in [0.4, 0.5) is 4.39 Å². The maximum atomic E-state index is 13.5. The maximum absolute atomic E-state index is 13.5. The summed E-state index contributed by atoms with van der Waals surface area (Å²) in [4.78, 5) is 21.4. The molecule has 7 heteroatoms. The first-order valence-corrected chi connectivity index (χ1v) is 5.51. The van der Waals surface area contributed by atoms with Crippen molar-refractivity contribution in [2.24, 2.45) is 0 Å². The first kappa shape index (κ1) is 10.4. The summed E-state index contributed by atoms with van der Waals surface area (Å²) in [6.45, 7) is 0. The molecule has 1 N–H and O–H groups in total. The van der Waals surface area contributed by atoms with Crippen molar-refractivity contribution in [2.75, 3.05) is 6.26 Å². The van der Waals surface area contributed by atoms with E-state index in [9.17, 15) is 9.18 Å². The van der Waals surface area contributed by atoms with E-state index in [1.807, 2.05) is 0 Å². The molecule has 0 aliphatic heterocycles. The second-order valence-corrected chi connectivity index (χ2v) is 3.85. The molecule has 0 saturated heterocycles. The number of nitrogens with one attached hydrogen (secondary N) is 1. The van der Waals surface area contributed by atoms with Crippen LogP contribution in [0, 0.1) is 5.82 Å². The molecule has 0 radical (unpaired) electrons. The van der Waals surface area contributed by atoms with Crippen LogP contribution in [0.1, 0.15) is 0 Å². The molecule has 0 amide bonds. The Hall–Kier alpha value is -1.14. The zero-order chi connectivity index (χ0) is 11.0. The van der Waals surface area contributed by atoms with E-state index in [0.29, 0.717) is 5.16 Å². The molecule has 15 heavy (non-hydrogen) atoms. The van der Waals surface area contributed by atoms with Crippen molar-refractivity contribution in [3.8, 4) is 0 Å². The number of thioether (sulfide) groups is 1. The van der Waals surface area contributed by atoms with E-state index < -0.39 is 11.4 Å². The lowest BCUT2D eigenvalue weighted by atomic mass is 10.3. The fourth-order valence-corrected chi connectivity index (χ4v) is 1.64. The van der Waals surface area contributed by atoms with Gasteiger partial charge in [0.15, 0.2) is 16.1 Å². The van der Waals surface area contributed by atoms with E-state index in [1.165, 1.54) is 18.0 Å². The van der Waals surface area contributed by atoms with Gasteiger partial charge in [0, 0.05) is 6.20 Å². The van der Waals surface area contributed by atoms with Gasteiger partial charge in [-0.2, -0.15) is 0 Å². The number of fused-ring (bicyclic) bond motifs is 1. The zero-order valence-corrected chi connectivity index (χ0v) is 9.12. The SMILES string of the molecule is CSc1nc2c(F)c(Cl)ncc2c(=O)[nH]1. The monoisotopic (exact) mass is 245 g/mol. The molecule has 2 rings (SSSR count). The van der Waals surface area contributed by atoms with Crippen LogP contribution in [-0.4, -0.2) is 21.2 Å². The molecular formula is C8H5ClFN3OS. The lowest BCUT2D eigenvalue weighted by Crippen LogP contribution is -2.10. The van der Waals surface area contributed by atoms with Crippen molar-refractivity contribution < 1.29 is 4.39 Å². The quantitative estimate of drug-likeness (QED) is 0.473. The van der Waals surface area contributed by atoms with Crippen LogP contribution in [0.2, 0.25) is 5.15 Å². The highest BCUT2D eigenvalue weighted by molar-refractivity contribution is 7.98. The minimum atomic E-state index is -0.768. The Bertz CT molecular complexity index is 586. The Kier molecular flexibility index (Phi) is 2.62. The molecule has 0 unspecified atom stereocenters. The van der Waals surface area contributed by atoms with E-state index in [1.54, 1.807) is 6.26 Å². The van der Waals surface area contributed by atoms with Crippen LogP contribution in [-0.2, 0) is 0 Å². The van der Waals surface area contributed by atoms with Gasteiger partial charge in [-0.15, -0.1) is 0 Å². The number of hydrogen-bond acceptors (Lipinski definition) is 4. The van der Waals surface area contributed by atoms with E-state index in [-0.39, 0.29) is 16.1 Å². The highest BCUT2D eigenvalue weighted by Gasteiger charge is 2.12. The van der Waals surface area contributed by atoms with Gasteiger partial charge in [0.25, 0.3) is 5.56 Å². The first-order chi connectivity index (χ1) is 7.13. The zero-order valence-electron chi connectivity index (χ0n) is 7.54. The normalized spacial score (nSPS) is 10.9. The summed E-state index contributed by atoms with van der Waals surface area (Å²) in [5, 5.41) is 0.149. The second-order valence-electron chi connectivity index (χ2n) is 2.70. The van der Waals surface area contributed by atoms with Gasteiger partial charge in [0.05, 0.1) is 5.39 Å². The van der Waals surface area contributed by atoms with Gasteiger partial charge in [0.2, 0.25) is 0 Å². The van der Waals surface area contributed by atoms with E-state index in [4.69, 9.17) is 11.6 Å². The largest absolute Gasteiger partial charge is 0.301 e. The van der Waals surface area contributed by atoms with Crippen molar-refractivity contribution in [1.82, 2.24) is 15.0 Å². The van der Waals surface area contributed by atoms with E-state index in [2.05, 4.69) is 15.0 Å². The molecule has 78 valence electrons. The summed E-state index contributed by atoms with van der Waals surface area (Å²) in [5.74, 6) is -0.768. The van der Waals surface area contributed by atoms with Crippen LogP contribution in [0.25, 0.3) is 10.9 Å². The number of nitrogens with zero attached hydrogens (tertiary/aromatic N) is 2. The molecule has 0 atom stereocenters. The summed E-state index contributed by atoms with van der Waals surface area (Å²) in [6.07, 6.45) is 2.93. The average molecular weight is 246 g/mol. The number of halogens is 2. The lowest BCUT2D eigenvalue weighted by molar-refractivity contribution is 0.629. The van der Waals surface area contributed by atoms with Gasteiger partial charge < -0.3 is 4.98 Å². The van der Waals surface area contributed by atoms with Gasteiger partial charge >= 0.3 is 0 Å². The smallest absolute Gasteiger partial charge is 0.261 e. The molecule has 2 heterocycles. The molecular weight excluding hydrogens is 241 g/mol. The summed E-state index contributed by atoms with van der Waals surface area (Å²) < 4.78 is 13.5. The molecule has 0 aliphatic rings. The average Bonchev–Trinajstić information content (AvgIpc) is 2.23. The first-order valence-electron chi connectivity index (χ1n) is 3.91. The Morgan fingerprint density at radius 1 is 1.60 bits per heavy atom. The molecule has 4 nitrogen and oxygen atoms in total.